The summed E-state index contributed by atoms with van der Waals surface area (Å²) in [6.45, 7) is 4.51. The van der Waals surface area contributed by atoms with Gasteiger partial charge >= 0.3 is 11.9 Å². The summed E-state index contributed by atoms with van der Waals surface area (Å²) in [6, 6.07) is 27.1. The van der Waals surface area contributed by atoms with Gasteiger partial charge in [0.25, 0.3) is 0 Å². The van der Waals surface area contributed by atoms with E-state index in [1.807, 2.05) is 24.3 Å². The fourth-order valence-electron chi connectivity index (χ4n) is 4.39. The molecule has 0 radical (unpaired) electrons. The van der Waals surface area contributed by atoms with E-state index in [0.717, 1.165) is 22.6 Å². The molecule has 0 aliphatic heterocycles. The van der Waals surface area contributed by atoms with Crippen molar-refractivity contribution >= 4 is 34.0 Å². The van der Waals surface area contributed by atoms with Gasteiger partial charge in [0.05, 0.1) is 16.3 Å². The summed E-state index contributed by atoms with van der Waals surface area (Å²) in [5.74, 6) is 0.400. The van der Waals surface area contributed by atoms with E-state index in [2.05, 4.69) is 57.0 Å². The molecule has 0 saturated carbocycles. The molecule has 0 aliphatic rings. The minimum Gasteiger partial charge on any atom is -0.488 e. The number of aryl methyl sites for hydroxylation is 2. The maximum absolute atomic E-state index is 12.5. The number of rotatable bonds is 11. The number of carboxylic acid groups (broad SMARTS) is 1. The lowest BCUT2D eigenvalue weighted by atomic mass is 10.1. The van der Waals surface area contributed by atoms with Crippen LogP contribution in [-0.2, 0) is 13.2 Å². The predicted molar refractivity (Wildman–Crippen MR) is 165 cm³/mol. The van der Waals surface area contributed by atoms with Crippen LogP contribution in [0.1, 0.15) is 49.2 Å². The third-order valence-corrected chi connectivity index (χ3v) is 7.16. The normalized spacial score (nSPS) is 11.0. The highest BCUT2D eigenvalue weighted by Gasteiger charge is 2.12. The Morgan fingerprint density at radius 2 is 1.70 bits per heavy atom. The Bertz CT molecular complexity index is 1770. The second kappa shape index (κ2) is 13.3. The average Bonchev–Trinajstić information content (AvgIpc) is 3.62. The van der Waals surface area contributed by atoms with E-state index < -0.39 is 11.9 Å². The van der Waals surface area contributed by atoms with Crippen molar-refractivity contribution in [1.82, 2.24) is 9.99 Å². The fourth-order valence-corrected chi connectivity index (χ4v) is 4.90. The summed E-state index contributed by atoms with van der Waals surface area (Å²) in [5.41, 5.74) is 7.49. The maximum Gasteiger partial charge on any atom is 0.335 e. The highest BCUT2D eigenvalue weighted by Crippen LogP contribution is 2.27. The number of aromatic carboxylic acids is 1. The number of carbonyl (C=O) groups is 2. The van der Waals surface area contributed by atoms with Gasteiger partial charge in [-0.05, 0) is 120 Å². The van der Waals surface area contributed by atoms with Crippen LogP contribution in [0.25, 0.3) is 5.69 Å². The quantitative estimate of drug-likeness (QED) is 0.118. The lowest BCUT2D eigenvalue weighted by Crippen LogP contribution is -2.16. The van der Waals surface area contributed by atoms with E-state index >= 15 is 0 Å². The van der Waals surface area contributed by atoms with Crippen molar-refractivity contribution < 1.29 is 28.6 Å². The van der Waals surface area contributed by atoms with Crippen molar-refractivity contribution in [3.63, 3.8) is 0 Å². The second-order valence-corrected chi connectivity index (χ2v) is 10.5. The third kappa shape index (κ3) is 7.41. The number of hydrogen-bond donors (Lipinski definition) is 2. The highest BCUT2D eigenvalue weighted by atomic mass is 79.9. The Morgan fingerprint density at radius 3 is 2.42 bits per heavy atom. The number of ether oxygens (including phenoxy) is 2. The lowest BCUT2D eigenvalue weighted by Gasteiger charge is -2.10. The Labute approximate surface area is 256 Å². The van der Waals surface area contributed by atoms with Gasteiger partial charge in [-0.15, -0.1) is 0 Å². The minimum absolute atomic E-state index is 0.113. The molecular weight excluding hydrogens is 614 g/mol. The van der Waals surface area contributed by atoms with E-state index in [4.69, 9.17) is 19.0 Å². The first-order chi connectivity index (χ1) is 20.8. The zero-order chi connectivity index (χ0) is 30.3. The predicted octanol–water partition coefficient (Wildman–Crippen LogP) is 7.07. The molecule has 0 spiro atoms. The number of carbonyl (C=O) groups excluding carboxylic acids is 1. The van der Waals surface area contributed by atoms with Crippen molar-refractivity contribution in [2.24, 2.45) is 5.10 Å². The SMILES string of the molecule is Cc1ccc(C)n1-c1ccc(OCc2ccc(C(=O)N/N=C/c3ccc(OCc4cccc(C(=O)O)c4)c(Br)c3)o2)cc1. The monoisotopic (exact) mass is 641 g/mol. The van der Waals surface area contributed by atoms with E-state index in [1.165, 1.54) is 12.3 Å². The topological polar surface area (TPSA) is 115 Å². The molecule has 0 bridgehead atoms. The standard InChI is InChI=1S/C33H28BrN3O6/c1-21-6-7-22(2)37(21)26-9-11-27(12-10-26)41-20-28-13-15-31(43-28)32(38)36-35-18-23-8-14-30(29(34)17-23)42-19-24-4-3-5-25(16-24)33(39)40/h3-18H,19-20H2,1-2H3,(H,36,38)(H,39,40)/b35-18+. The molecular formula is C33H28BrN3O6. The molecule has 2 N–H and O–H groups in total. The number of halogens is 1. The van der Waals surface area contributed by atoms with Crippen molar-refractivity contribution in [2.75, 3.05) is 0 Å². The zero-order valence-electron chi connectivity index (χ0n) is 23.4. The molecule has 9 nitrogen and oxygen atoms in total. The first-order valence-corrected chi connectivity index (χ1v) is 14.1. The van der Waals surface area contributed by atoms with Gasteiger partial charge in [-0.1, -0.05) is 12.1 Å². The van der Waals surface area contributed by atoms with Crippen LogP contribution in [0, 0.1) is 13.8 Å². The molecule has 0 unspecified atom stereocenters. The number of aromatic nitrogens is 1. The molecule has 43 heavy (non-hydrogen) atoms. The maximum atomic E-state index is 12.5. The van der Waals surface area contributed by atoms with Crippen molar-refractivity contribution in [2.45, 2.75) is 27.1 Å². The van der Waals surface area contributed by atoms with E-state index in [0.29, 0.717) is 27.3 Å². The van der Waals surface area contributed by atoms with E-state index in [1.54, 1.807) is 48.5 Å². The summed E-state index contributed by atoms with van der Waals surface area (Å²) in [5, 5.41) is 13.2. The number of furan rings is 1. The highest BCUT2D eigenvalue weighted by molar-refractivity contribution is 9.10. The molecule has 0 saturated heterocycles. The molecule has 3 aromatic carbocycles. The molecule has 0 atom stereocenters. The molecule has 0 aliphatic carbocycles. The Hall–Kier alpha value is -5.09. The molecule has 5 aromatic rings. The summed E-state index contributed by atoms with van der Waals surface area (Å²) >= 11 is 3.47. The van der Waals surface area contributed by atoms with Crippen LogP contribution in [0.5, 0.6) is 11.5 Å². The van der Waals surface area contributed by atoms with Gasteiger partial charge in [0.15, 0.2) is 5.76 Å². The van der Waals surface area contributed by atoms with Crippen LogP contribution < -0.4 is 14.9 Å². The Morgan fingerprint density at radius 1 is 0.930 bits per heavy atom. The number of amides is 1. The summed E-state index contributed by atoms with van der Waals surface area (Å²) in [6.07, 6.45) is 1.50. The van der Waals surface area contributed by atoms with E-state index in [9.17, 15) is 9.59 Å². The Balaban J connectivity index is 1.10. The van der Waals surface area contributed by atoms with Gasteiger partial charge in [-0.25, -0.2) is 10.2 Å². The van der Waals surface area contributed by atoms with Crippen molar-refractivity contribution in [3.8, 4) is 17.2 Å². The number of carboxylic acids is 1. The summed E-state index contributed by atoms with van der Waals surface area (Å²) in [4.78, 5) is 23.7. The first-order valence-electron chi connectivity index (χ1n) is 13.3. The van der Waals surface area contributed by atoms with Crippen LogP contribution in [-0.4, -0.2) is 27.8 Å². The van der Waals surface area contributed by atoms with Gasteiger partial charge in [0.2, 0.25) is 0 Å². The molecule has 2 heterocycles. The average molecular weight is 643 g/mol. The lowest BCUT2D eigenvalue weighted by molar-refractivity contribution is 0.0696. The minimum atomic E-state index is -0.990. The summed E-state index contributed by atoms with van der Waals surface area (Å²) in [7, 11) is 0. The van der Waals surface area contributed by atoms with Crippen molar-refractivity contribution in [3.05, 3.63) is 135 Å². The molecule has 218 valence electrons. The molecule has 10 heteroatoms. The Kier molecular flexibility index (Phi) is 9.07. The summed E-state index contributed by atoms with van der Waals surface area (Å²) < 4.78 is 20.1. The zero-order valence-corrected chi connectivity index (χ0v) is 25.0. The van der Waals surface area contributed by atoms with Gasteiger partial charge in [0.1, 0.15) is 30.5 Å². The second-order valence-electron chi connectivity index (χ2n) is 9.68. The van der Waals surface area contributed by atoms with Gasteiger partial charge in [0, 0.05) is 17.1 Å². The van der Waals surface area contributed by atoms with Crippen LogP contribution >= 0.6 is 15.9 Å². The van der Waals surface area contributed by atoms with E-state index in [-0.39, 0.29) is 24.5 Å². The van der Waals surface area contributed by atoms with Crippen LogP contribution in [0.2, 0.25) is 0 Å². The fraction of sp³-hybridized carbons (Fsp3) is 0.121. The number of benzene rings is 3. The van der Waals surface area contributed by atoms with Gasteiger partial charge in [-0.3, -0.25) is 4.79 Å². The molecule has 2 aromatic heterocycles. The molecule has 0 fully saturated rings. The largest absolute Gasteiger partial charge is 0.488 e. The number of nitrogens with one attached hydrogen (secondary N) is 1. The molecule has 5 rings (SSSR count). The third-order valence-electron chi connectivity index (χ3n) is 6.54. The van der Waals surface area contributed by atoms with Crippen LogP contribution in [0.15, 0.2) is 105 Å². The van der Waals surface area contributed by atoms with Crippen LogP contribution in [0.4, 0.5) is 0 Å². The van der Waals surface area contributed by atoms with Crippen LogP contribution in [0.3, 0.4) is 0 Å². The van der Waals surface area contributed by atoms with Gasteiger partial charge < -0.3 is 23.6 Å². The van der Waals surface area contributed by atoms with Gasteiger partial charge in [-0.2, -0.15) is 5.10 Å². The number of hydrogen-bond acceptors (Lipinski definition) is 6. The molecule has 1 amide bonds. The number of nitrogens with zero attached hydrogens (tertiary/aromatic N) is 2. The number of hydrazone groups is 1. The van der Waals surface area contributed by atoms with Crippen molar-refractivity contribution in [1.29, 1.82) is 0 Å². The smallest absolute Gasteiger partial charge is 0.335 e. The first kappa shape index (κ1) is 29.4.